The van der Waals surface area contributed by atoms with Crippen LogP contribution < -0.4 is 19.9 Å². The Kier molecular flexibility index (Phi) is 5.15. The fraction of sp³-hybridized carbons (Fsp3) is 0.333. The van der Waals surface area contributed by atoms with Gasteiger partial charge in [-0.05, 0) is 30.3 Å². The number of piperazine rings is 1. The lowest BCUT2D eigenvalue weighted by Gasteiger charge is -2.36. The number of benzene rings is 1. The third kappa shape index (κ3) is 3.76. The van der Waals surface area contributed by atoms with Crippen LogP contribution in [0.1, 0.15) is 0 Å². The van der Waals surface area contributed by atoms with Gasteiger partial charge in [0.2, 0.25) is 5.95 Å². The summed E-state index contributed by atoms with van der Waals surface area (Å²) in [5, 5.41) is 3.13. The lowest BCUT2D eigenvalue weighted by molar-refractivity contribution is 0.415. The van der Waals surface area contributed by atoms with Gasteiger partial charge in [-0.15, -0.1) is 6.58 Å². The molecule has 126 valence electrons. The molecule has 0 atom stereocenters. The molecule has 6 heteroatoms. The van der Waals surface area contributed by atoms with Gasteiger partial charge >= 0.3 is 0 Å². The number of nitrogens with zero attached hydrogens (tertiary/aromatic N) is 4. The normalized spacial score (nSPS) is 14.4. The summed E-state index contributed by atoms with van der Waals surface area (Å²) >= 11 is 0. The topological polar surface area (TPSA) is 53.5 Å². The molecule has 2 heterocycles. The molecule has 1 aromatic heterocycles. The van der Waals surface area contributed by atoms with Crippen LogP contribution in [-0.2, 0) is 0 Å². The Balaban J connectivity index is 1.61. The van der Waals surface area contributed by atoms with Gasteiger partial charge in [0.1, 0.15) is 11.6 Å². The second-order valence-electron chi connectivity index (χ2n) is 5.58. The zero-order valence-electron chi connectivity index (χ0n) is 14.0. The molecular formula is C18H23N5O. The smallest absolute Gasteiger partial charge is 0.224 e. The van der Waals surface area contributed by atoms with Crippen LogP contribution in [0.15, 0.2) is 49.2 Å². The van der Waals surface area contributed by atoms with E-state index in [2.05, 4.69) is 43.8 Å². The first-order valence-electron chi connectivity index (χ1n) is 8.12. The third-order valence-electron chi connectivity index (χ3n) is 4.09. The summed E-state index contributed by atoms with van der Waals surface area (Å²) in [7, 11) is 1.69. The minimum Gasteiger partial charge on any atom is -0.497 e. The van der Waals surface area contributed by atoms with Crippen molar-refractivity contribution < 1.29 is 4.74 Å². The zero-order chi connectivity index (χ0) is 16.8. The highest BCUT2D eigenvalue weighted by molar-refractivity contribution is 5.51. The van der Waals surface area contributed by atoms with Crippen LogP contribution in [0.3, 0.4) is 0 Å². The van der Waals surface area contributed by atoms with Gasteiger partial charge in [0.15, 0.2) is 0 Å². The van der Waals surface area contributed by atoms with E-state index in [1.165, 1.54) is 5.69 Å². The Morgan fingerprint density at radius 2 is 1.83 bits per heavy atom. The molecule has 0 radical (unpaired) electrons. The van der Waals surface area contributed by atoms with Crippen molar-refractivity contribution in [2.24, 2.45) is 0 Å². The second-order valence-corrected chi connectivity index (χ2v) is 5.58. The third-order valence-corrected chi connectivity index (χ3v) is 4.09. The number of rotatable bonds is 6. The van der Waals surface area contributed by atoms with Crippen molar-refractivity contribution in [2.75, 3.05) is 55.0 Å². The van der Waals surface area contributed by atoms with Crippen molar-refractivity contribution in [1.82, 2.24) is 9.97 Å². The minimum absolute atomic E-state index is 0.644. The molecule has 0 unspecified atom stereocenters. The summed E-state index contributed by atoms with van der Waals surface area (Å²) in [5.41, 5.74) is 1.23. The van der Waals surface area contributed by atoms with Gasteiger partial charge in [-0.25, -0.2) is 4.98 Å². The molecule has 0 saturated carbocycles. The van der Waals surface area contributed by atoms with E-state index in [0.29, 0.717) is 12.5 Å². The van der Waals surface area contributed by atoms with Gasteiger partial charge in [-0.2, -0.15) is 4.98 Å². The van der Waals surface area contributed by atoms with Gasteiger partial charge in [0, 0.05) is 44.6 Å². The molecule has 2 aromatic rings. The maximum absolute atomic E-state index is 5.22. The SMILES string of the molecule is C=CCNc1nccc(N2CCN(c3ccc(OC)cc3)CC2)n1. The molecule has 0 aliphatic carbocycles. The van der Waals surface area contributed by atoms with Crippen molar-refractivity contribution in [3.8, 4) is 5.75 Å². The molecule has 1 aliphatic rings. The molecule has 3 rings (SSSR count). The summed E-state index contributed by atoms with van der Waals surface area (Å²) < 4.78 is 5.22. The predicted octanol–water partition coefficient (Wildman–Crippen LogP) is 2.41. The Morgan fingerprint density at radius 3 is 2.50 bits per heavy atom. The van der Waals surface area contributed by atoms with Crippen molar-refractivity contribution in [3.05, 3.63) is 49.2 Å². The summed E-state index contributed by atoms with van der Waals surface area (Å²) in [5.74, 6) is 2.49. The average molecular weight is 325 g/mol. The van der Waals surface area contributed by atoms with Gasteiger partial charge in [0.25, 0.3) is 0 Å². The van der Waals surface area contributed by atoms with E-state index in [1.54, 1.807) is 19.4 Å². The van der Waals surface area contributed by atoms with Crippen molar-refractivity contribution in [1.29, 1.82) is 0 Å². The van der Waals surface area contributed by atoms with E-state index >= 15 is 0 Å². The average Bonchev–Trinajstić information content (AvgIpc) is 2.67. The maximum atomic E-state index is 5.22. The number of ether oxygens (including phenoxy) is 1. The molecule has 1 saturated heterocycles. The maximum Gasteiger partial charge on any atom is 0.224 e. The van der Waals surface area contributed by atoms with E-state index in [-0.39, 0.29) is 0 Å². The highest BCUT2D eigenvalue weighted by atomic mass is 16.5. The number of nitrogens with one attached hydrogen (secondary N) is 1. The van der Waals surface area contributed by atoms with E-state index in [0.717, 1.165) is 37.7 Å². The predicted molar refractivity (Wildman–Crippen MR) is 98.1 cm³/mol. The summed E-state index contributed by atoms with van der Waals surface area (Å²) in [6.45, 7) is 8.15. The second kappa shape index (κ2) is 7.68. The number of aromatic nitrogens is 2. The number of hydrogen-bond acceptors (Lipinski definition) is 6. The van der Waals surface area contributed by atoms with Gasteiger partial charge in [0.05, 0.1) is 7.11 Å². The van der Waals surface area contributed by atoms with E-state index in [9.17, 15) is 0 Å². The molecule has 0 bridgehead atoms. The van der Waals surface area contributed by atoms with Crippen LogP contribution in [0.5, 0.6) is 5.75 Å². The van der Waals surface area contributed by atoms with Crippen LogP contribution in [0.2, 0.25) is 0 Å². The molecule has 0 spiro atoms. The number of anilines is 3. The fourth-order valence-electron chi connectivity index (χ4n) is 2.76. The number of methoxy groups -OCH3 is 1. The fourth-order valence-corrected chi connectivity index (χ4v) is 2.76. The van der Waals surface area contributed by atoms with Crippen LogP contribution in [0.25, 0.3) is 0 Å². The quantitative estimate of drug-likeness (QED) is 0.823. The molecule has 6 nitrogen and oxygen atoms in total. The molecule has 24 heavy (non-hydrogen) atoms. The van der Waals surface area contributed by atoms with Crippen LogP contribution in [0.4, 0.5) is 17.5 Å². The Bertz CT molecular complexity index is 665. The Labute approximate surface area is 142 Å². The van der Waals surface area contributed by atoms with Gasteiger partial charge < -0.3 is 19.9 Å². The first kappa shape index (κ1) is 16.1. The Hall–Kier alpha value is -2.76. The standard InChI is InChI=1S/C18H23N5O/c1-3-9-19-18-20-10-8-17(21-18)23-13-11-22(12-14-23)15-4-6-16(24-2)7-5-15/h3-8,10H,1,9,11-14H2,2H3,(H,19,20,21). The molecular weight excluding hydrogens is 302 g/mol. The Morgan fingerprint density at radius 1 is 1.12 bits per heavy atom. The molecule has 0 amide bonds. The van der Waals surface area contributed by atoms with Gasteiger partial charge in [-0.1, -0.05) is 6.08 Å². The number of hydrogen-bond donors (Lipinski definition) is 1. The highest BCUT2D eigenvalue weighted by Crippen LogP contribution is 2.22. The minimum atomic E-state index is 0.644. The first-order valence-corrected chi connectivity index (χ1v) is 8.12. The van der Waals surface area contributed by atoms with E-state index < -0.39 is 0 Å². The van der Waals surface area contributed by atoms with Crippen LogP contribution in [-0.4, -0.2) is 49.8 Å². The summed E-state index contributed by atoms with van der Waals surface area (Å²) in [6, 6.07) is 10.2. The molecule has 1 aliphatic heterocycles. The zero-order valence-corrected chi connectivity index (χ0v) is 14.0. The van der Waals surface area contributed by atoms with E-state index in [4.69, 9.17) is 4.74 Å². The van der Waals surface area contributed by atoms with E-state index in [1.807, 2.05) is 18.2 Å². The largest absolute Gasteiger partial charge is 0.497 e. The van der Waals surface area contributed by atoms with Crippen molar-refractivity contribution in [2.45, 2.75) is 0 Å². The first-order chi connectivity index (χ1) is 11.8. The lowest BCUT2D eigenvalue weighted by atomic mass is 10.2. The molecule has 1 aromatic carbocycles. The molecule has 1 N–H and O–H groups in total. The summed E-state index contributed by atoms with van der Waals surface area (Å²) in [4.78, 5) is 13.5. The summed E-state index contributed by atoms with van der Waals surface area (Å²) in [6.07, 6.45) is 3.59. The van der Waals surface area contributed by atoms with Crippen molar-refractivity contribution in [3.63, 3.8) is 0 Å². The van der Waals surface area contributed by atoms with Gasteiger partial charge in [-0.3, -0.25) is 0 Å². The highest BCUT2D eigenvalue weighted by Gasteiger charge is 2.18. The monoisotopic (exact) mass is 325 g/mol. The van der Waals surface area contributed by atoms with Crippen LogP contribution >= 0.6 is 0 Å². The molecule has 1 fully saturated rings. The lowest BCUT2D eigenvalue weighted by Crippen LogP contribution is -2.46. The van der Waals surface area contributed by atoms with Crippen LogP contribution in [0, 0.1) is 0 Å². The van der Waals surface area contributed by atoms with Crippen molar-refractivity contribution >= 4 is 17.5 Å².